The van der Waals surface area contributed by atoms with Gasteiger partial charge in [0.2, 0.25) is 0 Å². The van der Waals surface area contributed by atoms with E-state index >= 15 is 0 Å². The van der Waals surface area contributed by atoms with E-state index in [-0.39, 0.29) is 5.69 Å². The second kappa shape index (κ2) is 5.96. The Morgan fingerprint density at radius 3 is 2.64 bits per heavy atom. The van der Waals surface area contributed by atoms with E-state index < -0.39 is 4.92 Å². The molecule has 1 aromatic heterocycles. The number of nitro benzene ring substituents is 1. The number of hydrogen-bond donors (Lipinski definition) is 1. The molecule has 0 unspecified atom stereocenters. The van der Waals surface area contributed by atoms with Crippen LogP contribution in [0.15, 0.2) is 59.8 Å². The van der Waals surface area contributed by atoms with Gasteiger partial charge in [0.25, 0.3) is 5.69 Å². The zero-order valence-electron chi connectivity index (χ0n) is 11.4. The molecule has 22 heavy (non-hydrogen) atoms. The highest BCUT2D eigenvalue weighted by atomic mass is 16.6. The maximum atomic E-state index is 10.9. The molecule has 3 aromatic rings. The monoisotopic (exact) mass is 293 g/mol. The van der Waals surface area contributed by atoms with Crippen molar-refractivity contribution in [2.24, 2.45) is 5.10 Å². The molecule has 3 rings (SSSR count). The molecule has 0 atom stereocenters. The van der Waals surface area contributed by atoms with Crippen LogP contribution in [0.5, 0.6) is 0 Å². The van der Waals surface area contributed by atoms with E-state index in [9.17, 15) is 10.1 Å². The van der Waals surface area contributed by atoms with Crippen LogP contribution in [0.3, 0.4) is 0 Å². The molecule has 0 aliphatic rings. The normalized spacial score (nSPS) is 10.9. The minimum Gasteiger partial charge on any atom is -0.260 e. The van der Waals surface area contributed by atoms with Crippen molar-refractivity contribution in [2.45, 2.75) is 0 Å². The molecule has 0 radical (unpaired) electrons. The van der Waals surface area contributed by atoms with Crippen LogP contribution >= 0.6 is 0 Å². The molecule has 2 aromatic carbocycles. The van der Waals surface area contributed by atoms with Gasteiger partial charge in [0.05, 0.1) is 33.9 Å². The van der Waals surface area contributed by atoms with Gasteiger partial charge >= 0.3 is 0 Å². The highest BCUT2D eigenvalue weighted by molar-refractivity contribution is 5.85. The maximum absolute atomic E-state index is 10.9. The van der Waals surface area contributed by atoms with Crippen LogP contribution in [0, 0.1) is 10.1 Å². The van der Waals surface area contributed by atoms with Crippen molar-refractivity contribution in [3.63, 3.8) is 0 Å². The second-order valence-corrected chi connectivity index (χ2v) is 4.43. The average Bonchev–Trinajstić information content (AvgIpc) is 2.55. The number of nitrogens with one attached hydrogen (secondary N) is 1. The molecule has 108 valence electrons. The standard InChI is InChI=1S/C15H11N5O2/c21-20(22)14-8-4-1-5-11(14)9-17-19-15-10-16-12-6-2-3-7-13(12)18-15/h1-10H,(H,18,19)/b17-9+. The van der Waals surface area contributed by atoms with E-state index in [4.69, 9.17) is 0 Å². The molecule has 1 heterocycles. The summed E-state index contributed by atoms with van der Waals surface area (Å²) in [5.74, 6) is 0.466. The summed E-state index contributed by atoms with van der Waals surface area (Å²) in [5.41, 5.74) is 4.66. The highest BCUT2D eigenvalue weighted by Gasteiger charge is 2.09. The van der Waals surface area contributed by atoms with Crippen molar-refractivity contribution in [3.8, 4) is 0 Å². The van der Waals surface area contributed by atoms with E-state index in [0.717, 1.165) is 11.0 Å². The number of para-hydroxylation sites is 3. The Labute approximate surface area is 125 Å². The summed E-state index contributed by atoms with van der Waals surface area (Å²) < 4.78 is 0. The lowest BCUT2D eigenvalue weighted by molar-refractivity contribution is -0.385. The van der Waals surface area contributed by atoms with E-state index in [0.29, 0.717) is 11.4 Å². The third kappa shape index (κ3) is 2.88. The third-order valence-electron chi connectivity index (χ3n) is 2.96. The van der Waals surface area contributed by atoms with Crippen LogP contribution in [0.1, 0.15) is 5.56 Å². The topological polar surface area (TPSA) is 93.3 Å². The smallest absolute Gasteiger partial charge is 0.260 e. The van der Waals surface area contributed by atoms with Crippen LogP contribution in [0.2, 0.25) is 0 Å². The lowest BCUT2D eigenvalue weighted by Gasteiger charge is -2.01. The summed E-state index contributed by atoms with van der Waals surface area (Å²) in [6, 6.07) is 13.8. The lowest BCUT2D eigenvalue weighted by Crippen LogP contribution is -1.97. The molecule has 0 bridgehead atoms. The van der Waals surface area contributed by atoms with Crippen LogP contribution in [-0.4, -0.2) is 21.1 Å². The number of nitro groups is 1. The van der Waals surface area contributed by atoms with Crippen molar-refractivity contribution in [1.29, 1.82) is 0 Å². The first-order valence-electron chi connectivity index (χ1n) is 6.48. The fourth-order valence-electron chi connectivity index (χ4n) is 1.94. The van der Waals surface area contributed by atoms with Gasteiger partial charge in [0.1, 0.15) is 0 Å². The number of anilines is 1. The summed E-state index contributed by atoms with van der Waals surface area (Å²) in [6.45, 7) is 0. The van der Waals surface area contributed by atoms with Crippen molar-refractivity contribution in [1.82, 2.24) is 9.97 Å². The number of hydrogen-bond acceptors (Lipinski definition) is 6. The molecule has 0 saturated carbocycles. The summed E-state index contributed by atoms with van der Waals surface area (Å²) >= 11 is 0. The number of nitrogens with zero attached hydrogens (tertiary/aromatic N) is 4. The molecule has 7 nitrogen and oxygen atoms in total. The molecule has 0 amide bonds. The minimum absolute atomic E-state index is 0.00218. The van der Waals surface area contributed by atoms with Gasteiger partial charge in [-0.3, -0.25) is 20.5 Å². The van der Waals surface area contributed by atoms with E-state index in [2.05, 4.69) is 20.5 Å². The second-order valence-electron chi connectivity index (χ2n) is 4.43. The van der Waals surface area contributed by atoms with Gasteiger partial charge in [-0.1, -0.05) is 24.3 Å². The molecular weight excluding hydrogens is 282 g/mol. The molecular formula is C15H11N5O2. The fraction of sp³-hybridized carbons (Fsp3) is 0. The zero-order chi connectivity index (χ0) is 15.4. The Morgan fingerprint density at radius 1 is 1.09 bits per heavy atom. The van der Waals surface area contributed by atoms with Gasteiger partial charge < -0.3 is 0 Å². The minimum atomic E-state index is -0.447. The SMILES string of the molecule is O=[N+]([O-])c1ccccc1/C=N/Nc1cnc2ccccc2n1. The Bertz CT molecular complexity index is 863. The fourth-order valence-corrected chi connectivity index (χ4v) is 1.94. The summed E-state index contributed by atoms with van der Waals surface area (Å²) in [4.78, 5) is 19.0. The molecule has 0 spiro atoms. The van der Waals surface area contributed by atoms with Crippen LogP contribution in [0.25, 0.3) is 11.0 Å². The average molecular weight is 293 g/mol. The van der Waals surface area contributed by atoms with Crippen LogP contribution < -0.4 is 5.43 Å². The van der Waals surface area contributed by atoms with Crippen molar-refractivity contribution < 1.29 is 4.92 Å². The molecule has 7 heteroatoms. The first kappa shape index (κ1) is 13.6. The van der Waals surface area contributed by atoms with Gasteiger partial charge in [-0.2, -0.15) is 5.10 Å². The highest BCUT2D eigenvalue weighted by Crippen LogP contribution is 2.15. The zero-order valence-corrected chi connectivity index (χ0v) is 11.4. The number of fused-ring (bicyclic) bond motifs is 1. The Morgan fingerprint density at radius 2 is 1.82 bits per heavy atom. The number of aromatic nitrogens is 2. The van der Waals surface area contributed by atoms with Crippen molar-refractivity contribution in [3.05, 3.63) is 70.4 Å². The van der Waals surface area contributed by atoms with Crippen LogP contribution in [0.4, 0.5) is 11.5 Å². The largest absolute Gasteiger partial charge is 0.278 e. The van der Waals surface area contributed by atoms with Gasteiger partial charge in [-0.25, -0.2) is 4.98 Å². The van der Waals surface area contributed by atoms with Gasteiger partial charge in [0.15, 0.2) is 5.82 Å². The number of benzene rings is 2. The van der Waals surface area contributed by atoms with Gasteiger partial charge in [-0.05, 0) is 18.2 Å². The predicted octanol–water partition coefficient (Wildman–Crippen LogP) is 2.98. The number of hydrazone groups is 1. The first-order chi connectivity index (χ1) is 10.7. The maximum Gasteiger partial charge on any atom is 0.278 e. The van der Waals surface area contributed by atoms with Gasteiger partial charge in [0, 0.05) is 6.07 Å². The summed E-state index contributed by atoms with van der Waals surface area (Å²) in [7, 11) is 0. The van der Waals surface area contributed by atoms with Gasteiger partial charge in [-0.15, -0.1) is 0 Å². The molecule has 1 N–H and O–H groups in total. The van der Waals surface area contributed by atoms with E-state index in [1.165, 1.54) is 12.3 Å². The first-order valence-corrected chi connectivity index (χ1v) is 6.48. The number of rotatable bonds is 4. The Balaban J connectivity index is 1.80. The quantitative estimate of drug-likeness (QED) is 0.453. The third-order valence-corrected chi connectivity index (χ3v) is 2.96. The van der Waals surface area contributed by atoms with E-state index in [1.54, 1.807) is 24.4 Å². The summed E-state index contributed by atoms with van der Waals surface area (Å²) in [6.07, 6.45) is 2.94. The molecule has 0 aliphatic heterocycles. The van der Waals surface area contributed by atoms with Crippen molar-refractivity contribution in [2.75, 3.05) is 5.43 Å². The Kier molecular flexibility index (Phi) is 3.69. The van der Waals surface area contributed by atoms with Crippen LogP contribution in [-0.2, 0) is 0 Å². The molecule has 0 saturated heterocycles. The molecule has 0 aliphatic carbocycles. The summed E-state index contributed by atoms with van der Waals surface area (Å²) in [5, 5.41) is 14.9. The van der Waals surface area contributed by atoms with Crippen molar-refractivity contribution >= 4 is 28.8 Å². The lowest BCUT2D eigenvalue weighted by atomic mass is 10.2. The Hall–Kier alpha value is -3.35. The molecule has 0 fully saturated rings. The van der Waals surface area contributed by atoms with E-state index in [1.807, 2.05) is 24.3 Å². The predicted molar refractivity (Wildman–Crippen MR) is 83.9 cm³/mol.